The van der Waals surface area contributed by atoms with Gasteiger partial charge in [0.1, 0.15) is 17.9 Å². The quantitative estimate of drug-likeness (QED) is 0.768. The van der Waals surface area contributed by atoms with Gasteiger partial charge in [0.15, 0.2) is 5.13 Å². The van der Waals surface area contributed by atoms with Crippen LogP contribution in [-0.4, -0.2) is 34.3 Å². The minimum atomic E-state index is -1.35. The number of nitrogens with one attached hydrogen (secondary N) is 2. The maximum Gasteiger partial charge on any atom is 0.325 e. The summed E-state index contributed by atoms with van der Waals surface area (Å²) in [5, 5.41) is 5.59. The summed E-state index contributed by atoms with van der Waals surface area (Å²) in [4.78, 5) is 43.3. The van der Waals surface area contributed by atoms with Gasteiger partial charge in [0.2, 0.25) is 5.91 Å². The van der Waals surface area contributed by atoms with Crippen LogP contribution >= 0.6 is 11.3 Å². The van der Waals surface area contributed by atoms with E-state index in [1.165, 1.54) is 42.5 Å². The molecule has 2 aromatic rings. The van der Waals surface area contributed by atoms with Crippen LogP contribution in [0.5, 0.6) is 0 Å². The zero-order chi connectivity index (χ0) is 19.8. The summed E-state index contributed by atoms with van der Waals surface area (Å²) in [6, 6.07) is 4.61. The Balaban J connectivity index is 1.71. The van der Waals surface area contributed by atoms with E-state index in [1.807, 2.05) is 13.8 Å². The number of anilines is 1. The second-order valence-electron chi connectivity index (χ2n) is 6.72. The highest BCUT2D eigenvalue weighted by atomic mass is 32.1. The summed E-state index contributed by atoms with van der Waals surface area (Å²) in [6.07, 6.45) is 1.68. The highest BCUT2D eigenvalue weighted by Crippen LogP contribution is 2.29. The predicted octanol–water partition coefficient (Wildman–Crippen LogP) is 2.81. The van der Waals surface area contributed by atoms with Gasteiger partial charge in [-0.2, -0.15) is 0 Å². The van der Waals surface area contributed by atoms with Crippen molar-refractivity contribution in [2.45, 2.75) is 32.2 Å². The van der Waals surface area contributed by atoms with Crippen LogP contribution in [0, 0.1) is 5.82 Å². The number of aromatic nitrogens is 1. The molecule has 1 aromatic carbocycles. The molecular weight excluding hydrogens is 371 g/mol. The summed E-state index contributed by atoms with van der Waals surface area (Å²) in [6.45, 7) is 5.12. The van der Waals surface area contributed by atoms with Gasteiger partial charge in [-0.3, -0.25) is 14.5 Å². The molecule has 1 fully saturated rings. The van der Waals surface area contributed by atoms with Crippen molar-refractivity contribution in [1.82, 2.24) is 15.2 Å². The molecule has 27 heavy (non-hydrogen) atoms. The van der Waals surface area contributed by atoms with Crippen molar-refractivity contribution >= 4 is 34.3 Å². The molecule has 0 aliphatic carbocycles. The molecule has 2 heterocycles. The van der Waals surface area contributed by atoms with Crippen LogP contribution in [0.15, 0.2) is 30.5 Å². The molecule has 142 valence electrons. The lowest BCUT2D eigenvalue weighted by Crippen LogP contribution is -2.42. The maximum atomic E-state index is 13.1. The number of hydrogen-bond acceptors (Lipinski definition) is 5. The Morgan fingerprint density at radius 3 is 2.59 bits per heavy atom. The van der Waals surface area contributed by atoms with E-state index >= 15 is 0 Å². The standard InChI is InChI=1S/C18H19FN4O3S/c1-10(2)13-8-20-16(27-13)21-14(24)9-23-15(25)18(3,22-17(23)26)11-4-6-12(19)7-5-11/h4-8,10H,9H2,1-3H3,(H,22,26)(H,20,21,24). The van der Waals surface area contributed by atoms with E-state index in [9.17, 15) is 18.8 Å². The van der Waals surface area contributed by atoms with Crippen LogP contribution < -0.4 is 10.6 Å². The largest absolute Gasteiger partial charge is 0.325 e. The SMILES string of the molecule is CC(C)c1cnc(NC(=O)CN2C(=O)NC(C)(c3ccc(F)cc3)C2=O)s1. The first-order valence-electron chi connectivity index (χ1n) is 8.36. The Morgan fingerprint density at radius 1 is 1.33 bits per heavy atom. The summed E-state index contributed by atoms with van der Waals surface area (Å²) in [5.74, 6) is -1.25. The molecule has 9 heteroatoms. The van der Waals surface area contributed by atoms with E-state index in [0.717, 1.165) is 9.78 Å². The molecule has 1 atom stereocenters. The Bertz CT molecular complexity index is 896. The monoisotopic (exact) mass is 390 g/mol. The average molecular weight is 390 g/mol. The number of benzene rings is 1. The van der Waals surface area contributed by atoms with E-state index < -0.39 is 35.7 Å². The summed E-state index contributed by atoms with van der Waals surface area (Å²) >= 11 is 1.34. The third-order valence-corrected chi connectivity index (χ3v) is 5.55. The molecule has 1 aliphatic rings. The fourth-order valence-corrected chi connectivity index (χ4v) is 3.57. The fraction of sp³-hybridized carbons (Fsp3) is 0.333. The molecule has 0 spiro atoms. The smallest absolute Gasteiger partial charge is 0.319 e. The summed E-state index contributed by atoms with van der Waals surface area (Å²) in [5.41, 5.74) is -0.913. The van der Waals surface area contributed by atoms with Crippen molar-refractivity contribution in [3.8, 4) is 0 Å². The second kappa shape index (κ2) is 7.07. The third kappa shape index (κ3) is 3.68. The van der Waals surface area contributed by atoms with E-state index in [4.69, 9.17) is 0 Å². The lowest BCUT2D eigenvalue weighted by molar-refractivity contribution is -0.133. The number of imide groups is 1. The van der Waals surface area contributed by atoms with Gasteiger partial charge in [-0.15, -0.1) is 11.3 Å². The molecule has 1 unspecified atom stereocenters. The lowest BCUT2D eigenvalue weighted by atomic mass is 9.92. The highest BCUT2D eigenvalue weighted by Gasteiger charge is 2.49. The average Bonchev–Trinajstić information content (AvgIpc) is 3.15. The van der Waals surface area contributed by atoms with Gasteiger partial charge in [0, 0.05) is 11.1 Å². The van der Waals surface area contributed by atoms with E-state index in [1.54, 1.807) is 6.20 Å². The molecule has 0 bridgehead atoms. The molecular formula is C18H19FN4O3S. The topological polar surface area (TPSA) is 91.4 Å². The normalized spacial score (nSPS) is 19.5. The second-order valence-corrected chi connectivity index (χ2v) is 7.79. The van der Waals surface area contributed by atoms with Gasteiger partial charge in [0.05, 0.1) is 0 Å². The van der Waals surface area contributed by atoms with Gasteiger partial charge in [-0.05, 0) is 30.5 Å². The number of carbonyl (C=O) groups is 3. The van der Waals surface area contributed by atoms with Gasteiger partial charge in [-0.1, -0.05) is 26.0 Å². The molecule has 1 aromatic heterocycles. The van der Waals surface area contributed by atoms with Crippen LogP contribution in [0.2, 0.25) is 0 Å². The Labute approximate surface area is 159 Å². The van der Waals surface area contributed by atoms with E-state index in [0.29, 0.717) is 10.7 Å². The first-order chi connectivity index (χ1) is 12.7. The number of amides is 4. The first-order valence-corrected chi connectivity index (χ1v) is 9.18. The highest BCUT2D eigenvalue weighted by molar-refractivity contribution is 7.15. The number of halogens is 1. The molecule has 4 amide bonds. The van der Waals surface area contributed by atoms with Crippen LogP contribution in [0.25, 0.3) is 0 Å². The number of carbonyl (C=O) groups excluding carboxylic acids is 3. The number of urea groups is 1. The molecule has 2 N–H and O–H groups in total. The number of nitrogens with zero attached hydrogens (tertiary/aromatic N) is 2. The number of thiazole rings is 1. The van der Waals surface area contributed by atoms with Gasteiger partial charge in [-0.25, -0.2) is 14.2 Å². The minimum absolute atomic E-state index is 0.288. The van der Waals surface area contributed by atoms with Crippen molar-refractivity contribution in [2.75, 3.05) is 11.9 Å². The van der Waals surface area contributed by atoms with Gasteiger partial charge >= 0.3 is 6.03 Å². The first kappa shape index (κ1) is 19.0. The summed E-state index contributed by atoms with van der Waals surface area (Å²) in [7, 11) is 0. The minimum Gasteiger partial charge on any atom is -0.319 e. The van der Waals surface area contributed by atoms with Crippen LogP contribution in [0.1, 0.15) is 37.1 Å². The molecule has 0 radical (unpaired) electrons. The fourth-order valence-electron chi connectivity index (χ4n) is 2.73. The van der Waals surface area contributed by atoms with Crippen LogP contribution in [0.3, 0.4) is 0 Å². The van der Waals surface area contributed by atoms with Crippen LogP contribution in [-0.2, 0) is 15.1 Å². The molecule has 7 nitrogen and oxygen atoms in total. The van der Waals surface area contributed by atoms with Crippen molar-refractivity contribution in [1.29, 1.82) is 0 Å². The zero-order valence-electron chi connectivity index (χ0n) is 15.1. The van der Waals surface area contributed by atoms with Crippen molar-refractivity contribution in [2.24, 2.45) is 0 Å². The maximum absolute atomic E-state index is 13.1. The van der Waals surface area contributed by atoms with Crippen molar-refractivity contribution in [3.05, 3.63) is 46.7 Å². The Hall–Kier alpha value is -2.81. The molecule has 3 rings (SSSR count). The lowest BCUT2D eigenvalue weighted by Gasteiger charge is -2.22. The van der Waals surface area contributed by atoms with E-state index in [-0.39, 0.29) is 5.92 Å². The Kier molecular flexibility index (Phi) is 4.97. The van der Waals surface area contributed by atoms with E-state index in [2.05, 4.69) is 15.6 Å². The number of hydrogen-bond donors (Lipinski definition) is 2. The molecule has 1 aliphatic heterocycles. The predicted molar refractivity (Wildman–Crippen MR) is 98.8 cm³/mol. The summed E-state index contributed by atoms with van der Waals surface area (Å²) < 4.78 is 13.1. The molecule has 0 saturated carbocycles. The zero-order valence-corrected chi connectivity index (χ0v) is 15.9. The van der Waals surface area contributed by atoms with Crippen LogP contribution in [0.4, 0.5) is 14.3 Å². The van der Waals surface area contributed by atoms with Gasteiger partial charge in [0.25, 0.3) is 5.91 Å². The van der Waals surface area contributed by atoms with Crippen molar-refractivity contribution < 1.29 is 18.8 Å². The number of rotatable bonds is 5. The Morgan fingerprint density at radius 2 is 2.00 bits per heavy atom. The third-order valence-electron chi connectivity index (χ3n) is 4.34. The van der Waals surface area contributed by atoms with Gasteiger partial charge < -0.3 is 10.6 Å². The van der Waals surface area contributed by atoms with Crippen molar-refractivity contribution in [3.63, 3.8) is 0 Å². The molecule has 1 saturated heterocycles.